The Bertz CT molecular complexity index is 4680. The molecule has 0 unspecified atom stereocenters. The molecule has 0 saturated heterocycles. The van der Waals surface area contributed by atoms with Crippen molar-refractivity contribution in [3.63, 3.8) is 0 Å². The fourth-order valence-electron chi connectivity index (χ4n) is 15.9. The minimum absolute atomic E-state index is 0.00259. The molecule has 89 heavy (non-hydrogen) atoms. The predicted octanol–water partition coefficient (Wildman–Crippen LogP) is 22.6. The smallest absolute Gasteiger partial charge is 0.333 e. The van der Waals surface area contributed by atoms with Crippen LogP contribution in [0.5, 0.6) is 0 Å². The van der Waals surface area contributed by atoms with E-state index in [1.54, 1.807) is 0 Å². The molecule has 0 bridgehead atoms. The summed E-state index contributed by atoms with van der Waals surface area (Å²) in [4.78, 5) is 7.78. The van der Waals surface area contributed by atoms with Crippen molar-refractivity contribution in [3.05, 3.63) is 202 Å². The minimum atomic E-state index is -0.243. The Hall–Kier alpha value is -7.96. The van der Waals surface area contributed by atoms with Crippen LogP contribution in [-0.2, 0) is 37.9 Å². The number of rotatable bonds is 5. The number of nitrogens with zero attached hydrogens (tertiary/aromatic N) is 3. The second kappa shape index (κ2) is 19.0. The molecule has 4 heterocycles. The molecule has 2 aliphatic carbocycles. The third kappa shape index (κ3) is 8.90. The molecule has 450 valence electrons. The molecule has 2 aromatic heterocycles. The molecule has 15 rings (SSSR count). The number of fused-ring (bicyclic) bond motifs is 13. The summed E-state index contributed by atoms with van der Waals surface area (Å²) in [5, 5.41) is 4.40. The maximum Gasteiger partial charge on any atom is 0.333 e. The van der Waals surface area contributed by atoms with Gasteiger partial charge in [0.1, 0.15) is 22.3 Å². The number of hydrogen-bond donors (Lipinski definition) is 0. The van der Waals surface area contributed by atoms with Crippen LogP contribution in [0, 0.1) is 6.92 Å². The molecular formula is C83H88BN3O2. The Morgan fingerprint density at radius 2 is 0.899 bits per heavy atom. The van der Waals surface area contributed by atoms with E-state index in [9.17, 15) is 0 Å². The molecule has 0 atom stereocenters. The highest BCUT2D eigenvalue weighted by atomic mass is 16.3. The van der Waals surface area contributed by atoms with E-state index in [1.807, 2.05) is 0 Å². The van der Waals surface area contributed by atoms with Gasteiger partial charge < -0.3 is 23.4 Å². The molecule has 0 N–H and O–H groups in total. The van der Waals surface area contributed by atoms with Crippen LogP contribution in [0.3, 0.4) is 0 Å². The van der Waals surface area contributed by atoms with Crippen molar-refractivity contribution in [1.29, 1.82) is 0 Å². The topological polar surface area (TPSA) is 36.0 Å². The summed E-state index contributed by atoms with van der Waals surface area (Å²) in [6, 6.07) is 61.1. The van der Waals surface area contributed by atoms with E-state index in [1.165, 1.54) is 72.5 Å². The predicted molar refractivity (Wildman–Crippen MR) is 381 cm³/mol. The van der Waals surface area contributed by atoms with E-state index in [-0.39, 0.29) is 44.8 Å². The van der Waals surface area contributed by atoms with E-state index in [4.69, 9.17) is 8.83 Å². The van der Waals surface area contributed by atoms with Crippen molar-refractivity contribution >= 4 is 107 Å². The third-order valence-corrected chi connectivity index (χ3v) is 21.8. The van der Waals surface area contributed by atoms with Crippen LogP contribution >= 0.6 is 0 Å². The summed E-state index contributed by atoms with van der Waals surface area (Å²) < 4.78 is 14.8. The Morgan fingerprint density at radius 3 is 1.46 bits per heavy atom. The zero-order chi connectivity index (χ0) is 62.6. The Kier molecular flexibility index (Phi) is 12.3. The molecule has 0 amide bonds. The zero-order valence-electron chi connectivity index (χ0n) is 56.1. The maximum absolute atomic E-state index is 7.39. The summed E-state index contributed by atoms with van der Waals surface area (Å²) >= 11 is 0. The van der Waals surface area contributed by atoms with Gasteiger partial charge in [0.2, 0.25) is 0 Å². The Balaban J connectivity index is 1.04. The highest BCUT2D eigenvalue weighted by Gasteiger charge is 2.50. The first-order valence-corrected chi connectivity index (χ1v) is 32.9. The van der Waals surface area contributed by atoms with Crippen LogP contribution < -0.4 is 25.5 Å². The van der Waals surface area contributed by atoms with Crippen molar-refractivity contribution in [2.24, 2.45) is 0 Å². The van der Waals surface area contributed by atoms with E-state index in [0.29, 0.717) is 0 Å². The van der Waals surface area contributed by atoms with Gasteiger partial charge in [-0.25, -0.2) is 0 Å². The number of furan rings is 2. The lowest BCUT2D eigenvalue weighted by Gasteiger charge is -2.49. The van der Waals surface area contributed by atoms with E-state index < -0.39 is 0 Å². The van der Waals surface area contributed by atoms with Gasteiger partial charge in [-0.15, -0.1) is 0 Å². The number of para-hydroxylation sites is 1. The van der Waals surface area contributed by atoms with Gasteiger partial charge in [0.15, 0.2) is 0 Å². The normalized spacial score (nSPS) is 17.2. The Labute approximate surface area is 529 Å². The lowest BCUT2D eigenvalue weighted by molar-refractivity contribution is 0.331. The monoisotopic (exact) mass is 1170 g/mol. The Morgan fingerprint density at radius 1 is 0.416 bits per heavy atom. The fraction of sp³-hybridized carbons (Fsp3) is 0.349. The molecule has 9 aromatic carbocycles. The van der Waals surface area contributed by atoms with Gasteiger partial charge in [0.05, 0.1) is 0 Å². The van der Waals surface area contributed by atoms with Crippen LogP contribution in [0.2, 0.25) is 0 Å². The number of hydrogen-bond acceptors (Lipinski definition) is 5. The second-order valence-corrected chi connectivity index (χ2v) is 32.8. The summed E-state index contributed by atoms with van der Waals surface area (Å²) in [5.74, 6) is 0. The van der Waals surface area contributed by atoms with Gasteiger partial charge in [-0.1, -0.05) is 184 Å². The largest absolute Gasteiger partial charge is 0.456 e. The van der Waals surface area contributed by atoms with E-state index in [0.717, 1.165) is 109 Å². The lowest BCUT2D eigenvalue weighted by atomic mass is 9.42. The molecule has 0 saturated carbocycles. The molecular weight excluding hydrogens is 1080 g/mol. The molecule has 0 radical (unpaired) electrons. The molecule has 11 aromatic rings. The molecule has 0 spiro atoms. The first kappa shape index (κ1) is 57.5. The van der Waals surface area contributed by atoms with Crippen molar-refractivity contribution in [1.82, 2.24) is 0 Å². The lowest BCUT2D eigenvalue weighted by Crippen LogP contribution is -2.62. The maximum atomic E-state index is 7.39. The van der Waals surface area contributed by atoms with Crippen molar-refractivity contribution < 1.29 is 8.83 Å². The van der Waals surface area contributed by atoms with Crippen LogP contribution in [0.15, 0.2) is 167 Å². The average Bonchev–Trinajstić information content (AvgIpc) is 1.61. The molecule has 2 aliphatic heterocycles. The van der Waals surface area contributed by atoms with Gasteiger partial charge in [-0.2, -0.15) is 0 Å². The average molecular weight is 1170 g/mol. The standard InChI is InChI=1S/C83H88BN3O2/c1-49-41-62-64(82(15,16)39-37-80(62,11)12)46-67(49)86-69-47-65-63(81(13,14)38-40-83(65,17)18)45-66(69)84-75-70(86)44-60-57-21-19-20-22-71(57)89-76(60)74(75)61-43-59-58-36-35-56(42-72(58)88-73(59)48-68(61)87(84)55-33-27-52(28-34-55)79(8,9)10)85(53-29-23-50(24-30-53)77(2,3)4)54-31-25-51(26-32-54)78(5,6)7/h19-36,41-48H,37-40H2,1-18H3. The highest BCUT2D eigenvalue weighted by Crippen LogP contribution is 2.57. The zero-order valence-corrected chi connectivity index (χ0v) is 56.1. The van der Waals surface area contributed by atoms with Gasteiger partial charge >= 0.3 is 6.85 Å². The summed E-state index contributed by atoms with van der Waals surface area (Å²) in [6.07, 6.45) is 4.55. The third-order valence-electron chi connectivity index (χ3n) is 21.8. The van der Waals surface area contributed by atoms with Crippen LogP contribution in [0.25, 0.3) is 55.0 Å². The number of anilines is 8. The first-order chi connectivity index (χ1) is 41.9. The molecule has 4 aliphatic rings. The highest BCUT2D eigenvalue weighted by molar-refractivity contribution is 6.94. The SMILES string of the molecule is Cc1cc2c(cc1N1c3cc4c(cc3B3c5c1cc1c(oc6ccccc61)c5-c1cc5c(cc1N3c1ccc(C(C)(C)C)cc1)oc1cc(N(c3ccc(C(C)(C)C)cc3)c3ccc(C(C)(C)C)cc3)ccc15)C(C)(C)CCC4(C)C)C(C)(C)CCC2(C)C. The second-order valence-electron chi connectivity index (χ2n) is 32.8. The van der Waals surface area contributed by atoms with Gasteiger partial charge in [-0.3, -0.25) is 0 Å². The molecule has 5 nitrogen and oxygen atoms in total. The van der Waals surface area contributed by atoms with Crippen LogP contribution in [-0.4, -0.2) is 6.85 Å². The summed E-state index contributed by atoms with van der Waals surface area (Å²) in [6.45, 7) is 42.6. The molecule has 0 fully saturated rings. The number of aryl methyl sites for hydroxylation is 1. The van der Waals surface area contributed by atoms with Crippen LogP contribution in [0.4, 0.5) is 45.5 Å². The van der Waals surface area contributed by atoms with Gasteiger partial charge in [0, 0.05) is 90.3 Å². The van der Waals surface area contributed by atoms with Gasteiger partial charge in [0.25, 0.3) is 0 Å². The van der Waals surface area contributed by atoms with Gasteiger partial charge in [-0.05, 0) is 205 Å². The van der Waals surface area contributed by atoms with Crippen molar-refractivity contribution in [3.8, 4) is 11.1 Å². The van der Waals surface area contributed by atoms with Crippen molar-refractivity contribution in [2.45, 2.75) is 188 Å². The summed E-state index contributed by atoms with van der Waals surface area (Å²) in [5.41, 5.74) is 28.6. The fourth-order valence-corrected chi connectivity index (χ4v) is 15.9. The van der Waals surface area contributed by atoms with Crippen LogP contribution in [0.1, 0.15) is 188 Å². The molecule has 6 heteroatoms. The first-order valence-electron chi connectivity index (χ1n) is 32.9. The quantitative estimate of drug-likeness (QED) is 0.161. The summed E-state index contributed by atoms with van der Waals surface area (Å²) in [7, 11) is 0. The minimum Gasteiger partial charge on any atom is -0.456 e. The van der Waals surface area contributed by atoms with Crippen molar-refractivity contribution in [2.75, 3.05) is 14.6 Å². The van der Waals surface area contributed by atoms with E-state index in [2.05, 4.69) is 297 Å². The van der Waals surface area contributed by atoms with E-state index >= 15 is 0 Å². The number of benzene rings is 9.